The van der Waals surface area contributed by atoms with Gasteiger partial charge in [0.15, 0.2) is 0 Å². The SMILES string of the molecule is N#Cc1ccc([C@H]2CCN2)c(N)c1. The first kappa shape index (κ1) is 8.09. The van der Waals surface area contributed by atoms with Crippen LogP contribution in [0.1, 0.15) is 23.6 Å². The van der Waals surface area contributed by atoms with Crippen molar-refractivity contribution in [3.05, 3.63) is 29.3 Å². The fraction of sp³-hybridized carbons (Fsp3) is 0.300. The largest absolute Gasteiger partial charge is 0.398 e. The summed E-state index contributed by atoms with van der Waals surface area (Å²) < 4.78 is 0. The topological polar surface area (TPSA) is 61.8 Å². The molecule has 13 heavy (non-hydrogen) atoms. The molecule has 0 aromatic heterocycles. The Morgan fingerprint density at radius 3 is 2.77 bits per heavy atom. The van der Waals surface area contributed by atoms with E-state index in [1.54, 1.807) is 6.07 Å². The van der Waals surface area contributed by atoms with Crippen LogP contribution < -0.4 is 11.1 Å². The van der Waals surface area contributed by atoms with Crippen molar-refractivity contribution >= 4 is 5.69 Å². The van der Waals surface area contributed by atoms with Gasteiger partial charge in [0.2, 0.25) is 0 Å². The third kappa shape index (κ3) is 1.36. The number of nitrogens with one attached hydrogen (secondary N) is 1. The molecule has 0 radical (unpaired) electrons. The number of benzene rings is 1. The van der Waals surface area contributed by atoms with Gasteiger partial charge in [0.05, 0.1) is 11.6 Å². The first-order valence-electron chi connectivity index (χ1n) is 4.34. The Kier molecular flexibility index (Phi) is 1.91. The van der Waals surface area contributed by atoms with Crippen molar-refractivity contribution in [3.8, 4) is 6.07 Å². The minimum Gasteiger partial charge on any atom is -0.398 e. The molecule has 0 saturated carbocycles. The van der Waals surface area contributed by atoms with Crippen LogP contribution in [0.3, 0.4) is 0 Å². The maximum absolute atomic E-state index is 8.64. The Balaban J connectivity index is 2.32. The van der Waals surface area contributed by atoms with Gasteiger partial charge in [-0.15, -0.1) is 0 Å². The van der Waals surface area contributed by atoms with E-state index in [2.05, 4.69) is 11.4 Å². The van der Waals surface area contributed by atoms with E-state index in [4.69, 9.17) is 11.0 Å². The van der Waals surface area contributed by atoms with Crippen molar-refractivity contribution in [1.29, 1.82) is 5.26 Å². The fourth-order valence-electron chi connectivity index (χ4n) is 1.52. The monoisotopic (exact) mass is 173 g/mol. The van der Waals surface area contributed by atoms with Gasteiger partial charge in [0.25, 0.3) is 0 Å². The second-order valence-electron chi connectivity index (χ2n) is 3.25. The number of nitrogen functional groups attached to an aromatic ring is 1. The number of hydrogen-bond acceptors (Lipinski definition) is 3. The highest BCUT2D eigenvalue weighted by molar-refractivity contribution is 5.53. The predicted molar refractivity (Wildman–Crippen MR) is 50.9 cm³/mol. The van der Waals surface area contributed by atoms with Crippen LogP contribution in [0.4, 0.5) is 5.69 Å². The van der Waals surface area contributed by atoms with Gasteiger partial charge in [-0.2, -0.15) is 5.26 Å². The molecule has 0 spiro atoms. The minimum absolute atomic E-state index is 0.396. The Labute approximate surface area is 77.2 Å². The lowest BCUT2D eigenvalue weighted by Gasteiger charge is -2.29. The highest BCUT2D eigenvalue weighted by atomic mass is 15.0. The third-order valence-corrected chi connectivity index (χ3v) is 2.42. The number of anilines is 1. The molecule has 1 aromatic carbocycles. The van der Waals surface area contributed by atoms with Crippen LogP contribution in [0.5, 0.6) is 0 Å². The van der Waals surface area contributed by atoms with Crippen LogP contribution in [0, 0.1) is 11.3 Å². The standard InChI is InChI=1S/C10H11N3/c11-6-7-1-2-8(9(12)5-7)10-3-4-13-10/h1-2,5,10,13H,3-4,12H2/t10-/m1/s1. The smallest absolute Gasteiger partial charge is 0.0992 e. The molecular formula is C10H11N3. The number of nitriles is 1. The maximum atomic E-state index is 8.64. The Morgan fingerprint density at radius 1 is 1.54 bits per heavy atom. The molecule has 0 amide bonds. The molecule has 2 rings (SSSR count). The predicted octanol–water partition coefficient (Wildman–Crippen LogP) is 1.17. The van der Waals surface area contributed by atoms with E-state index >= 15 is 0 Å². The van der Waals surface area contributed by atoms with Crippen molar-refractivity contribution in [1.82, 2.24) is 5.32 Å². The zero-order chi connectivity index (χ0) is 9.26. The summed E-state index contributed by atoms with van der Waals surface area (Å²) in [6, 6.07) is 7.94. The molecule has 0 bridgehead atoms. The molecule has 3 heteroatoms. The van der Waals surface area contributed by atoms with E-state index in [0.717, 1.165) is 24.2 Å². The maximum Gasteiger partial charge on any atom is 0.0992 e. The lowest BCUT2D eigenvalue weighted by Crippen LogP contribution is -2.35. The molecule has 66 valence electrons. The van der Waals surface area contributed by atoms with Crippen LogP contribution >= 0.6 is 0 Å². The third-order valence-electron chi connectivity index (χ3n) is 2.42. The van der Waals surface area contributed by atoms with Crippen molar-refractivity contribution in [2.75, 3.05) is 12.3 Å². The van der Waals surface area contributed by atoms with Crippen LogP contribution in [0.25, 0.3) is 0 Å². The minimum atomic E-state index is 0.396. The average Bonchev–Trinajstić information content (AvgIpc) is 2.05. The van der Waals surface area contributed by atoms with Crippen LogP contribution in [-0.2, 0) is 0 Å². The summed E-state index contributed by atoms with van der Waals surface area (Å²) in [5, 5.41) is 11.9. The molecule has 0 aliphatic carbocycles. The number of rotatable bonds is 1. The molecule has 1 aliphatic rings. The Morgan fingerprint density at radius 2 is 2.31 bits per heavy atom. The molecule has 1 heterocycles. The van der Waals surface area contributed by atoms with Gasteiger partial charge in [0.1, 0.15) is 0 Å². The summed E-state index contributed by atoms with van der Waals surface area (Å²) in [7, 11) is 0. The summed E-state index contributed by atoms with van der Waals surface area (Å²) in [5.41, 5.74) is 8.28. The average molecular weight is 173 g/mol. The molecule has 3 N–H and O–H groups in total. The van der Waals surface area contributed by atoms with E-state index in [1.807, 2.05) is 12.1 Å². The van der Waals surface area contributed by atoms with E-state index in [1.165, 1.54) is 0 Å². The van der Waals surface area contributed by atoms with Crippen LogP contribution in [-0.4, -0.2) is 6.54 Å². The molecule has 1 atom stereocenters. The number of nitrogens with zero attached hydrogens (tertiary/aromatic N) is 1. The van der Waals surface area contributed by atoms with Crippen LogP contribution in [0.2, 0.25) is 0 Å². The summed E-state index contributed by atoms with van der Waals surface area (Å²) in [6.07, 6.45) is 1.14. The second kappa shape index (κ2) is 3.08. The van der Waals surface area contributed by atoms with Gasteiger partial charge in [-0.3, -0.25) is 0 Å². The van der Waals surface area contributed by atoms with Gasteiger partial charge >= 0.3 is 0 Å². The van der Waals surface area contributed by atoms with Gasteiger partial charge in [-0.1, -0.05) is 6.07 Å². The summed E-state index contributed by atoms with van der Waals surface area (Å²) in [4.78, 5) is 0. The highest BCUT2D eigenvalue weighted by Crippen LogP contribution is 2.27. The molecule has 1 saturated heterocycles. The molecule has 1 aliphatic heterocycles. The molecule has 1 aromatic rings. The molecule has 1 fully saturated rings. The summed E-state index contributed by atoms with van der Waals surface area (Å²) in [6.45, 7) is 1.06. The number of nitrogens with two attached hydrogens (primary N) is 1. The second-order valence-corrected chi connectivity index (χ2v) is 3.25. The first-order valence-corrected chi connectivity index (χ1v) is 4.34. The summed E-state index contributed by atoms with van der Waals surface area (Å²) >= 11 is 0. The van der Waals surface area contributed by atoms with Crippen LogP contribution in [0.15, 0.2) is 18.2 Å². The lowest BCUT2D eigenvalue weighted by atomic mass is 9.95. The summed E-state index contributed by atoms with van der Waals surface area (Å²) in [5.74, 6) is 0. The van der Waals surface area contributed by atoms with Gasteiger partial charge in [-0.05, 0) is 30.7 Å². The molecule has 3 nitrogen and oxygen atoms in total. The van der Waals surface area contributed by atoms with Gasteiger partial charge in [-0.25, -0.2) is 0 Å². The molecular weight excluding hydrogens is 162 g/mol. The van der Waals surface area contributed by atoms with E-state index < -0.39 is 0 Å². The van der Waals surface area contributed by atoms with E-state index in [-0.39, 0.29) is 0 Å². The van der Waals surface area contributed by atoms with E-state index in [0.29, 0.717) is 11.6 Å². The first-order chi connectivity index (χ1) is 6.31. The Bertz CT molecular complexity index is 361. The normalized spacial score (nSPS) is 20.4. The molecule has 0 unspecified atom stereocenters. The quantitative estimate of drug-likeness (QED) is 0.627. The van der Waals surface area contributed by atoms with Crippen molar-refractivity contribution in [2.45, 2.75) is 12.5 Å². The van der Waals surface area contributed by atoms with Gasteiger partial charge < -0.3 is 11.1 Å². The van der Waals surface area contributed by atoms with Crippen molar-refractivity contribution < 1.29 is 0 Å². The van der Waals surface area contributed by atoms with Crippen molar-refractivity contribution in [2.24, 2.45) is 0 Å². The number of hydrogen-bond donors (Lipinski definition) is 2. The highest BCUT2D eigenvalue weighted by Gasteiger charge is 2.20. The lowest BCUT2D eigenvalue weighted by molar-refractivity contribution is 0.384. The van der Waals surface area contributed by atoms with Gasteiger partial charge in [0, 0.05) is 11.7 Å². The zero-order valence-corrected chi connectivity index (χ0v) is 7.25. The zero-order valence-electron chi connectivity index (χ0n) is 7.25. The Hall–Kier alpha value is -1.53. The fourth-order valence-corrected chi connectivity index (χ4v) is 1.52. The van der Waals surface area contributed by atoms with E-state index in [9.17, 15) is 0 Å². The van der Waals surface area contributed by atoms with Crippen molar-refractivity contribution in [3.63, 3.8) is 0 Å².